The molecule has 2 atom stereocenters. The lowest BCUT2D eigenvalue weighted by Crippen LogP contribution is -2.54. The van der Waals surface area contributed by atoms with Crippen LogP contribution in [0.4, 0.5) is 0 Å². The van der Waals surface area contributed by atoms with Crippen LogP contribution in [0.25, 0.3) is 12.3 Å². The second-order valence-corrected chi connectivity index (χ2v) is 11.5. The topological polar surface area (TPSA) is 61.9 Å². The van der Waals surface area contributed by atoms with Gasteiger partial charge in [0, 0.05) is 65.7 Å². The lowest BCUT2D eigenvalue weighted by molar-refractivity contribution is -0.0288. The largest absolute Gasteiger partial charge is 0.373 e. The lowest BCUT2D eigenvalue weighted by atomic mass is 9.96. The van der Waals surface area contributed by atoms with E-state index in [1.165, 1.54) is 6.42 Å². The monoisotopic (exact) mass is 547 g/mol. The van der Waals surface area contributed by atoms with Gasteiger partial charge in [-0.05, 0) is 80.6 Å². The number of carbonyl (C=O) groups is 2. The molecule has 5 rings (SSSR count). The number of halogens is 1. The van der Waals surface area contributed by atoms with Crippen LogP contribution in [0.3, 0.4) is 0 Å². The van der Waals surface area contributed by atoms with Gasteiger partial charge in [0.2, 0.25) is 0 Å². The summed E-state index contributed by atoms with van der Waals surface area (Å²) in [5.41, 5.74) is 2.33. The first-order valence-corrected chi connectivity index (χ1v) is 14.4. The number of carbonyl (C=O) groups excluding carboxylic acids is 2. The van der Waals surface area contributed by atoms with E-state index in [1.54, 1.807) is 30.3 Å². The predicted molar refractivity (Wildman–Crippen MR) is 156 cm³/mol. The fourth-order valence-corrected chi connectivity index (χ4v) is 5.58. The van der Waals surface area contributed by atoms with E-state index in [1.807, 2.05) is 17.9 Å². The Labute approximate surface area is 236 Å². The molecule has 1 saturated carbocycles. The van der Waals surface area contributed by atoms with Crippen LogP contribution in [-0.4, -0.2) is 66.0 Å². The third-order valence-electron chi connectivity index (χ3n) is 8.28. The SMILES string of the molecule is C=CC(CNC(=O)c1ccc2c(c1C)=CN(CC1CN(C(=O)c3ccc(Cl)cc3)C1)C(C)CC=2)OC1CCC1. The number of benzene rings is 2. The number of amides is 2. The van der Waals surface area contributed by atoms with Crippen molar-refractivity contribution in [3.05, 3.63) is 81.2 Å². The molecular formula is C32H38ClN3O3. The van der Waals surface area contributed by atoms with Crippen molar-refractivity contribution in [1.29, 1.82) is 0 Å². The van der Waals surface area contributed by atoms with E-state index in [0.717, 1.165) is 54.9 Å². The molecule has 2 heterocycles. The molecule has 0 bridgehead atoms. The van der Waals surface area contributed by atoms with Crippen molar-refractivity contribution in [2.45, 2.75) is 57.8 Å². The van der Waals surface area contributed by atoms with Gasteiger partial charge in [-0.25, -0.2) is 0 Å². The highest BCUT2D eigenvalue weighted by molar-refractivity contribution is 6.30. The number of rotatable bonds is 9. The van der Waals surface area contributed by atoms with E-state index in [4.69, 9.17) is 16.3 Å². The molecule has 1 N–H and O–H groups in total. The van der Waals surface area contributed by atoms with Gasteiger partial charge in [-0.2, -0.15) is 0 Å². The normalized spacial score (nSPS) is 19.9. The Morgan fingerprint density at radius 2 is 1.92 bits per heavy atom. The zero-order valence-electron chi connectivity index (χ0n) is 22.9. The highest BCUT2D eigenvalue weighted by Crippen LogP contribution is 2.24. The van der Waals surface area contributed by atoms with Crippen LogP contribution in [0.2, 0.25) is 5.02 Å². The molecule has 2 unspecified atom stereocenters. The number of ether oxygens (including phenoxy) is 1. The molecule has 0 spiro atoms. The van der Waals surface area contributed by atoms with Gasteiger partial charge in [0.15, 0.2) is 0 Å². The Morgan fingerprint density at radius 3 is 2.59 bits per heavy atom. The lowest BCUT2D eigenvalue weighted by Gasteiger charge is -2.42. The van der Waals surface area contributed by atoms with E-state index < -0.39 is 0 Å². The maximum Gasteiger partial charge on any atom is 0.253 e. The summed E-state index contributed by atoms with van der Waals surface area (Å²) in [6.45, 7) is 10.9. The smallest absolute Gasteiger partial charge is 0.253 e. The van der Waals surface area contributed by atoms with Crippen molar-refractivity contribution in [3.8, 4) is 0 Å². The standard InChI is InChI=1S/C32H38ClN3O3/c1-4-27(39-28-6-5-7-28)16-34-31(37)29-15-12-24-9-8-21(2)35(20-30(24)22(29)3)17-23-18-36(19-23)32(38)25-10-13-26(33)14-11-25/h4,9-15,20-21,23,27-28H,1,5-8,16-19H2,2-3H3,(H,34,37). The van der Waals surface area contributed by atoms with Gasteiger partial charge in [-0.3, -0.25) is 9.59 Å². The van der Waals surface area contributed by atoms with Crippen molar-refractivity contribution in [2.24, 2.45) is 5.92 Å². The number of hydrogen-bond donors (Lipinski definition) is 1. The average molecular weight is 548 g/mol. The fourth-order valence-electron chi connectivity index (χ4n) is 5.46. The maximum atomic E-state index is 13.2. The molecule has 2 aromatic rings. The van der Waals surface area contributed by atoms with E-state index in [2.05, 4.69) is 42.1 Å². The van der Waals surface area contributed by atoms with E-state index >= 15 is 0 Å². The van der Waals surface area contributed by atoms with E-state index in [0.29, 0.717) is 34.7 Å². The summed E-state index contributed by atoms with van der Waals surface area (Å²) in [6, 6.07) is 11.4. The van der Waals surface area contributed by atoms with Gasteiger partial charge in [-0.1, -0.05) is 29.8 Å². The summed E-state index contributed by atoms with van der Waals surface area (Å²) in [4.78, 5) is 30.2. The van der Waals surface area contributed by atoms with Crippen LogP contribution in [0.15, 0.2) is 49.1 Å². The van der Waals surface area contributed by atoms with E-state index in [9.17, 15) is 9.59 Å². The number of nitrogens with zero attached hydrogens (tertiary/aromatic N) is 2. The summed E-state index contributed by atoms with van der Waals surface area (Å²) in [5, 5.41) is 5.93. The summed E-state index contributed by atoms with van der Waals surface area (Å²) in [6.07, 6.45) is 10.7. The summed E-state index contributed by atoms with van der Waals surface area (Å²) in [7, 11) is 0. The zero-order valence-corrected chi connectivity index (χ0v) is 23.6. The molecule has 206 valence electrons. The van der Waals surface area contributed by atoms with Gasteiger partial charge in [0.1, 0.15) is 0 Å². The minimum absolute atomic E-state index is 0.0535. The second-order valence-electron chi connectivity index (χ2n) is 11.1. The number of likely N-dealkylation sites (tertiary alicyclic amines) is 1. The molecule has 0 aromatic heterocycles. The average Bonchev–Trinajstić information content (AvgIpc) is 3.04. The second kappa shape index (κ2) is 12.0. The Bertz CT molecular complexity index is 1350. The van der Waals surface area contributed by atoms with Crippen molar-refractivity contribution < 1.29 is 14.3 Å². The first kappa shape index (κ1) is 27.5. The van der Waals surface area contributed by atoms with Crippen molar-refractivity contribution in [1.82, 2.24) is 15.1 Å². The minimum atomic E-state index is -0.176. The molecule has 1 saturated heterocycles. The van der Waals surface area contributed by atoms with Crippen LogP contribution in [-0.2, 0) is 4.74 Å². The Balaban J connectivity index is 1.25. The predicted octanol–water partition coefficient (Wildman–Crippen LogP) is 3.89. The summed E-state index contributed by atoms with van der Waals surface area (Å²) in [5.74, 6) is 0.365. The third kappa shape index (κ3) is 6.23. The molecule has 2 aromatic carbocycles. The minimum Gasteiger partial charge on any atom is -0.373 e. The molecule has 2 fully saturated rings. The van der Waals surface area contributed by atoms with Crippen LogP contribution in [0.5, 0.6) is 0 Å². The van der Waals surface area contributed by atoms with Gasteiger partial charge < -0.3 is 19.9 Å². The molecule has 2 amide bonds. The number of fused-ring (bicyclic) bond motifs is 1. The molecule has 1 aliphatic carbocycles. The Kier molecular flexibility index (Phi) is 8.43. The van der Waals surface area contributed by atoms with Gasteiger partial charge in [-0.15, -0.1) is 6.58 Å². The third-order valence-corrected chi connectivity index (χ3v) is 8.54. The maximum absolute atomic E-state index is 13.2. The highest BCUT2D eigenvalue weighted by atomic mass is 35.5. The zero-order chi connectivity index (χ0) is 27.5. The van der Waals surface area contributed by atoms with Crippen LogP contribution in [0, 0.1) is 12.8 Å². The van der Waals surface area contributed by atoms with Gasteiger partial charge >= 0.3 is 0 Å². The molecule has 39 heavy (non-hydrogen) atoms. The first-order chi connectivity index (χ1) is 18.8. The molecular weight excluding hydrogens is 510 g/mol. The first-order valence-electron chi connectivity index (χ1n) is 14.0. The van der Waals surface area contributed by atoms with Crippen LogP contribution >= 0.6 is 11.6 Å². The Hall–Kier alpha value is -3.09. The molecule has 6 nitrogen and oxygen atoms in total. The summed E-state index contributed by atoms with van der Waals surface area (Å²) >= 11 is 5.97. The fraction of sp³-hybridized carbons (Fsp3) is 0.438. The van der Waals surface area contributed by atoms with Gasteiger partial charge in [0.05, 0.1) is 12.2 Å². The molecule has 3 aliphatic rings. The highest BCUT2D eigenvalue weighted by Gasteiger charge is 2.33. The molecule has 7 heteroatoms. The number of hydrogen-bond acceptors (Lipinski definition) is 4. The van der Waals surface area contributed by atoms with Crippen molar-refractivity contribution in [2.75, 3.05) is 26.2 Å². The van der Waals surface area contributed by atoms with Gasteiger partial charge in [0.25, 0.3) is 11.8 Å². The Morgan fingerprint density at radius 1 is 1.18 bits per heavy atom. The molecule has 0 radical (unpaired) electrons. The quantitative estimate of drug-likeness (QED) is 0.484. The van der Waals surface area contributed by atoms with Crippen molar-refractivity contribution in [3.63, 3.8) is 0 Å². The molecule has 2 aliphatic heterocycles. The van der Waals surface area contributed by atoms with Crippen LogP contribution < -0.4 is 15.8 Å². The number of nitrogens with one attached hydrogen (secondary N) is 1. The van der Waals surface area contributed by atoms with Crippen molar-refractivity contribution >= 4 is 35.7 Å². The van der Waals surface area contributed by atoms with E-state index in [-0.39, 0.29) is 24.0 Å². The van der Waals surface area contributed by atoms with Crippen LogP contribution in [0.1, 0.15) is 58.9 Å². The summed E-state index contributed by atoms with van der Waals surface area (Å²) < 4.78 is 6.01.